The number of nitrogens with zero attached hydrogens (tertiary/aromatic N) is 2. The molecule has 6 heteroatoms. The van der Waals surface area contributed by atoms with E-state index in [9.17, 15) is 8.42 Å². The van der Waals surface area contributed by atoms with Crippen LogP contribution in [0.1, 0.15) is 26.2 Å². The van der Waals surface area contributed by atoms with Gasteiger partial charge in [0.05, 0.1) is 0 Å². The Morgan fingerprint density at radius 3 is 2.72 bits per heavy atom. The number of rotatable bonds is 6. The molecule has 1 aromatic rings. The normalized spacial score (nSPS) is 16.2. The van der Waals surface area contributed by atoms with Gasteiger partial charge in [-0.05, 0) is 47.2 Å². The maximum Gasteiger partial charge on any atom is 0.244 e. The summed E-state index contributed by atoms with van der Waals surface area (Å²) in [5.41, 5.74) is 0. The third-order valence-corrected chi connectivity index (χ3v) is 5.21. The minimum absolute atomic E-state index is 0.269. The van der Waals surface area contributed by atoms with Crippen molar-refractivity contribution in [2.45, 2.75) is 31.1 Å². The van der Waals surface area contributed by atoms with Crippen molar-refractivity contribution in [3.05, 3.63) is 22.9 Å². The summed E-state index contributed by atoms with van der Waals surface area (Å²) in [6.07, 6.45) is 6.12. The second-order valence-corrected chi connectivity index (χ2v) is 7.50. The first-order chi connectivity index (χ1) is 8.54. The van der Waals surface area contributed by atoms with E-state index in [1.54, 1.807) is 16.6 Å². The molecule has 0 radical (unpaired) electrons. The first-order valence-corrected chi connectivity index (χ1v) is 8.38. The molecule has 1 heterocycles. The second-order valence-electron chi connectivity index (χ2n) is 4.65. The predicted octanol–water partition coefficient (Wildman–Crippen LogP) is 2.65. The lowest BCUT2D eigenvalue weighted by molar-refractivity contribution is 0.395. The van der Waals surface area contributed by atoms with Crippen LogP contribution in [0, 0.1) is 5.92 Å². The Balaban J connectivity index is 2.25. The van der Waals surface area contributed by atoms with Crippen molar-refractivity contribution in [2.75, 3.05) is 13.1 Å². The molecule has 18 heavy (non-hydrogen) atoms. The first-order valence-electron chi connectivity index (χ1n) is 6.14. The zero-order chi connectivity index (χ0) is 13.2. The van der Waals surface area contributed by atoms with Crippen molar-refractivity contribution in [2.24, 2.45) is 5.92 Å². The number of pyridine rings is 1. The maximum atomic E-state index is 12.5. The number of hydrogen-bond donors (Lipinski definition) is 0. The van der Waals surface area contributed by atoms with Gasteiger partial charge >= 0.3 is 0 Å². The van der Waals surface area contributed by atoms with Gasteiger partial charge in [0, 0.05) is 30.0 Å². The van der Waals surface area contributed by atoms with Crippen molar-refractivity contribution < 1.29 is 8.42 Å². The van der Waals surface area contributed by atoms with Crippen LogP contribution >= 0.6 is 15.9 Å². The molecular weight excluding hydrogens is 316 g/mol. The van der Waals surface area contributed by atoms with E-state index < -0.39 is 10.0 Å². The monoisotopic (exact) mass is 332 g/mol. The van der Waals surface area contributed by atoms with E-state index in [-0.39, 0.29) is 4.90 Å². The van der Waals surface area contributed by atoms with Gasteiger partial charge in [0.25, 0.3) is 0 Å². The molecule has 1 saturated carbocycles. The smallest absolute Gasteiger partial charge is 0.244 e. The summed E-state index contributed by atoms with van der Waals surface area (Å²) in [5.74, 6) is 0.548. The molecule has 0 bridgehead atoms. The standard InChI is InChI=1S/C12H17BrN2O2S/c1-2-5-15(9-10-3-4-10)18(16,17)12-6-11(13)7-14-8-12/h6-8,10H,2-5,9H2,1H3. The van der Waals surface area contributed by atoms with Crippen LogP contribution in [0.2, 0.25) is 0 Å². The Morgan fingerprint density at radius 1 is 1.44 bits per heavy atom. The van der Waals surface area contributed by atoms with Crippen LogP contribution in [0.25, 0.3) is 0 Å². The van der Waals surface area contributed by atoms with Gasteiger partial charge in [0.1, 0.15) is 4.90 Å². The molecule has 1 aliphatic rings. The molecular formula is C12H17BrN2O2S. The summed E-state index contributed by atoms with van der Waals surface area (Å²) in [5, 5.41) is 0. The Morgan fingerprint density at radius 2 is 2.17 bits per heavy atom. The molecule has 0 N–H and O–H groups in total. The highest BCUT2D eigenvalue weighted by Crippen LogP contribution is 2.31. The van der Waals surface area contributed by atoms with Gasteiger partial charge in [-0.2, -0.15) is 4.31 Å². The molecule has 2 rings (SSSR count). The van der Waals surface area contributed by atoms with Crippen LogP contribution in [0.15, 0.2) is 27.8 Å². The molecule has 1 aromatic heterocycles. The zero-order valence-corrected chi connectivity index (χ0v) is 12.7. The molecule has 4 nitrogen and oxygen atoms in total. The summed E-state index contributed by atoms with van der Waals surface area (Å²) in [6, 6.07) is 1.61. The lowest BCUT2D eigenvalue weighted by Crippen LogP contribution is -2.33. The maximum absolute atomic E-state index is 12.5. The Labute approximate surface area is 117 Å². The molecule has 1 aliphatic carbocycles. The van der Waals surface area contributed by atoms with Gasteiger partial charge in [0.2, 0.25) is 10.0 Å². The largest absolute Gasteiger partial charge is 0.262 e. The summed E-state index contributed by atoms with van der Waals surface area (Å²) in [6.45, 7) is 3.21. The summed E-state index contributed by atoms with van der Waals surface area (Å²) in [7, 11) is -3.40. The highest BCUT2D eigenvalue weighted by molar-refractivity contribution is 9.10. The highest BCUT2D eigenvalue weighted by atomic mass is 79.9. The van der Waals surface area contributed by atoms with E-state index in [1.807, 2.05) is 6.92 Å². The van der Waals surface area contributed by atoms with Crippen LogP contribution in [0.3, 0.4) is 0 Å². The lowest BCUT2D eigenvalue weighted by atomic mass is 10.4. The van der Waals surface area contributed by atoms with E-state index in [0.29, 0.717) is 23.5 Å². The Bertz CT molecular complexity index is 515. The van der Waals surface area contributed by atoms with E-state index in [4.69, 9.17) is 0 Å². The molecule has 0 amide bonds. The van der Waals surface area contributed by atoms with E-state index in [2.05, 4.69) is 20.9 Å². The molecule has 0 aliphatic heterocycles. The summed E-state index contributed by atoms with van der Waals surface area (Å²) < 4.78 is 27.3. The van der Waals surface area contributed by atoms with E-state index in [1.165, 1.54) is 6.20 Å². The lowest BCUT2D eigenvalue weighted by Gasteiger charge is -2.21. The fourth-order valence-electron chi connectivity index (χ4n) is 1.83. The highest BCUT2D eigenvalue weighted by Gasteiger charge is 2.31. The minimum atomic E-state index is -3.40. The van der Waals surface area contributed by atoms with Crippen molar-refractivity contribution in [3.8, 4) is 0 Å². The molecule has 0 aromatic carbocycles. The number of halogens is 1. The Hall–Kier alpha value is -0.460. The van der Waals surface area contributed by atoms with Gasteiger partial charge in [-0.3, -0.25) is 4.98 Å². The molecule has 0 saturated heterocycles. The third kappa shape index (κ3) is 3.30. The fraction of sp³-hybridized carbons (Fsp3) is 0.583. The van der Waals surface area contributed by atoms with Crippen LogP contribution in [0.4, 0.5) is 0 Å². The number of sulfonamides is 1. The summed E-state index contributed by atoms with van der Waals surface area (Å²) in [4.78, 5) is 4.20. The van der Waals surface area contributed by atoms with Gasteiger partial charge in [-0.1, -0.05) is 6.92 Å². The molecule has 0 unspecified atom stereocenters. The molecule has 100 valence electrons. The third-order valence-electron chi connectivity index (χ3n) is 2.95. The van der Waals surface area contributed by atoms with Gasteiger partial charge < -0.3 is 0 Å². The fourth-order valence-corrected chi connectivity index (χ4v) is 3.94. The minimum Gasteiger partial charge on any atom is -0.262 e. The van der Waals surface area contributed by atoms with Gasteiger partial charge in [-0.25, -0.2) is 8.42 Å². The first kappa shape index (κ1) is 14.0. The van der Waals surface area contributed by atoms with Crippen molar-refractivity contribution in [1.29, 1.82) is 0 Å². The van der Waals surface area contributed by atoms with E-state index in [0.717, 1.165) is 19.3 Å². The van der Waals surface area contributed by atoms with Gasteiger partial charge in [-0.15, -0.1) is 0 Å². The molecule has 1 fully saturated rings. The average Bonchev–Trinajstić information content (AvgIpc) is 3.12. The molecule has 0 atom stereocenters. The van der Waals surface area contributed by atoms with Crippen molar-refractivity contribution in [3.63, 3.8) is 0 Å². The topological polar surface area (TPSA) is 50.3 Å². The predicted molar refractivity (Wildman–Crippen MR) is 73.7 cm³/mol. The van der Waals surface area contributed by atoms with Crippen LogP contribution < -0.4 is 0 Å². The van der Waals surface area contributed by atoms with Crippen LogP contribution in [-0.4, -0.2) is 30.8 Å². The van der Waals surface area contributed by atoms with Crippen molar-refractivity contribution in [1.82, 2.24) is 9.29 Å². The zero-order valence-electron chi connectivity index (χ0n) is 10.3. The van der Waals surface area contributed by atoms with Gasteiger partial charge in [0.15, 0.2) is 0 Å². The van der Waals surface area contributed by atoms with E-state index >= 15 is 0 Å². The van der Waals surface area contributed by atoms with Crippen LogP contribution in [0.5, 0.6) is 0 Å². The second kappa shape index (κ2) is 5.67. The summed E-state index contributed by atoms with van der Waals surface area (Å²) >= 11 is 3.26. The average molecular weight is 333 g/mol. The van der Waals surface area contributed by atoms with Crippen LogP contribution in [-0.2, 0) is 10.0 Å². The SMILES string of the molecule is CCCN(CC1CC1)S(=O)(=O)c1cncc(Br)c1. The molecule has 0 spiro atoms. The number of aromatic nitrogens is 1. The van der Waals surface area contributed by atoms with Crippen molar-refractivity contribution >= 4 is 26.0 Å². The Kier molecular flexibility index (Phi) is 4.40. The number of hydrogen-bond acceptors (Lipinski definition) is 3. The quantitative estimate of drug-likeness (QED) is 0.804.